The van der Waals surface area contributed by atoms with Gasteiger partial charge in [-0.1, -0.05) is 6.07 Å². The van der Waals surface area contributed by atoms with Crippen molar-refractivity contribution in [2.45, 2.75) is 13.3 Å². The second kappa shape index (κ2) is 12.5. The van der Waals surface area contributed by atoms with Crippen LogP contribution in [0, 0.1) is 5.92 Å². The summed E-state index contributed by atoms with van der Waals surface area (Å²) in [4.78, 5) is 7.22. The van der Waals surface area contributed by atoms with Gasteiger partial charge < -0.3 is 29.7 Å². The summed E-state index contributed by atoms with van der Waals surface area (Å²) in [6.45, 7) is 5.65. The second-order valence-corrected chi connectivity index (χ2v) is 7.22. The van der Waals surface area contributed by atoms with E-state index in [1.165, 1.54) is 5.69 Å². The number of nitrogens with zero attached hydrogens (tertiary/aromatic N) is 2. The standard InChI is InChI=1S/C23H32N4O3.HI/c1-5-24-23(26-18-9-10-21(29-3)22(13-18)30-4)25-15-17-11-12-27(16-17)19-7-6-8-20(14-19)28-2;/h6-10,13-14,17H,5,11-12,15-16H2,1-4H3,(H2,24,25,26);1H. The highest BCUT2D eigenvalue weighted by Gasteiger charge is 2.23. The Kier molecular flexibility index (Phi) is 10.0. The third-order valence-electron chi connectivity index (χ3n) is 5.20. The van der Waals surface area contributed by atoms with Crippen molar-refractivity contribution in [3.05, 3.63) is 42.5 Å². The van der Waals surface area contributed by atoms with Gasteiger partial charge in [-0.05, 0) is 43.5 Å². The maximum absolute atomic E-state index is 5.39. The lowest BCUT2D eigenvalue weighted by atomic mass is 10.1. The van der Waals surface area contributed by atoms with Gasteiger partial charge in [-0.25, -0.2) is 0 Å². The number of aliphatic imine (C=N–C) groups is 1. The van der Waals surface area contributed by atoms with Gasteiger partial charge >= 0.3 is 0 Å². The van der Waals surface area contributed by atoms with Crippen molar-refractivity contribution >= 4 is 41.3 Å². The Morgan fingerprint density at radius 3 is 2.58 bits per heavy atom. The van der Waals surface area contributed by atoms with Crippen LogP contribution in [-0.2, 0) is 0 Å². The van der Waals surface area contributed by atoms with Crippen molar-refractivity contribution in [2.24, 2.45) is 10.9 Å². The van der Waals surface area contributed by atoms with Crippen molar-refractivity contribution < 1.29 is 14.2 Å². The average Bonchev–Trinajstić information content (AvgIpc) is 3.26. The van der Waals surface area contributed by atoms with Gasteiger partial charge in [0.2, 0.25) is 0 Å². The quantitative estimate of drug-likeness (QED) is 0.297. The van der Waals surface area contributed by atoms with E-state index in [2.05, 4.69) is 34.6 Å². The van der Waals surface area contributed by atoms with Crippen LogP contribution in [-0.4, -0.2) is 53.5 Å². The molecule has 0 radical (unpaired) electrons. The van der Waals surface area contributed by atoms with Crippen LogP contribution in [0.2, 0.25) is 0 Å². The molecule has 1 unspecified atom stereocenters. The first kappa shape index (κ1) is 24.9. The monoisotopic (exact) mass is 540 g/mol. The number of ether oxygens (including phenoxy) is 3. The lowest BCUT2D eigenvalue weighted by Crippen LogP contribution is -2.31. The maximum Gasteiger partial charge on any atom is 0.195 e. The van der Waals surface area contributed by atoms with Crippen molar-refractivity contribution in [3.8, 4) is 17.2 Å². The summed E-state index contributed by atoms with van der Waals surface area (Å²) in [5.74, 6) is 3.56. The molecule has 2 N–H and O–H groups in total. The van der Waals surface area contributed by atoms with E-state index in [-0.39, 0.29) is 24.0 Å². The maximum atomic E-state index is 5.39. The van der Waals surface area contributed by atoms with E-state index in [0.717, 1.165) is 50.0 Å². The van der Waals surface area contributed by atoms with Gasteiger partial charge in [0.05, 0.1) is 21.3 Å². The molecule has 8 heteroatoms. The molecule has 1 aliphatic rings. The van der Waals surface area contributed by atoms with Crippen LogP contribution in [0.25, 0.3) is 0 Å². The smallest absolute Gasteiger partial charge is 0.195 e. The minimum Gasteiger partial charge on any atom is -0.497 e. The Morgan fingerprint density at radius 2 is 1.87 bits per heavy atom. The molecular formula is C23H33IN4O3. The van der Waals surface area contributed by atoms with E-state index in [9.17, 15) is 0 Å². The summed E-state index contributed by atoms with van der Waals surface area (Å²) in [5, 5.41) is 6.68. The molecular weight excluding hydrogens is 507 g/mol. The first-order valence-corrected chi connectivity index (χ1v) is 10.3. The zero-order valence-corrected chi connectivity index (χ0v) is 21.0. The number of hydrogen-bond acceptors (Lipinski definition) is 5. The molecule has 7 nitrogen and oxygen atoms in total. The molecule has 1 atom stereocenters. The summed E-state index contributed by atoms with van der Waals surface area (Å²) in [5.41, 5.74) is 2.10. The first-order valence-electron chi connectivity index (χ1n) is 10.3. The summed E-state index contributed by atoms with van der Waals surface area (Å²) < 4.78 is 16.1. The van der Waals surface area contributed by atoms with Crippen LogP contribution in [0.4, 0.5) is 11.4 Å². The van der Waals surface area contributed by atoms with E-state index in [0.29, 0.717) is 17.4 Å². The number of methoxy groups -OCH3 is 3. The van der Waals surface area contributed by atoms with Gasteiger partial charge in [-0.3, -0.25) is 4.99 Å². The Bertz CT molecular complexity index is 862. The Hall–Kier alpha value is -2.36. The molecule has 0 amide bonds. The number of rotatable bonds is 8. The predicted molar refractivity (Wildman–Crippen MR) is 138 cm³/mol. The highest BCUT2D eigenvalue weighted by atomic mass is 127. The molecule has 2 aromatic rings. The van der Waals surface area contributed by atoms with Gasteiger partial charge in [0.15, 0.2) is 17.5 Å². The molecule has 0 aliphatic carbocycles. The number of guanidine groups is 1. The number of benzene rings is 2. The third-order valence-corrected chi connectivity index (χ3v) is 5.20. The number of nitrogens with one attached hydrogen (secondary N) is 2. The summed E-state index contributed by atoms with van der Waals surface area (Å²) in [6.07, 6.45) is 1.12. The van der Waals surface area contributed by atoms with Crippen LogP contribution in [0.3, 0.4) is 0 Å². The highest BCUT2D eigenvalue weighted by molar-refractivity contribution is 14.0. The zero-order chi connectivity index (χ0) is 21.3. The molecule has 1 heterocycles. The fourth-order valence-corrected chi connectivity index (χ4v) is 3.60. The summed E-state index contributed by atoms with van der Waals surface area (Å²) in [7, 11) is 4.97. The van der Waals surface area contributed by atoms with Crippen LogP contribution in [0.5, 0.6) is 17.2 Å². The van der Waals surface area contributed by atoms with Crippen molar-refractivity contribution in [3.63, 3.8) is 0 Å². The molecule has 31 heavy (non-hydrogen) atoms. The molecule has 170 valence electrons. The largest absolute Gasteiger partial charge is 0.497 e. The van der Waals surface area contributed by atoms with E-state index in [1.807, 2.05) is 30.3 Å². The minimum atomic E-state index is 0. The van der Waals surface area contributed by atoms with Gasteiger partial charge in [-0.15, -0.1) is 24.0 Å². The lowest BCUT2D eigenvalue weighted by molar-refractivity contribution is 0.355. The van der Waals surface area contributed by atoms with Gasteiger partial charge in [0, 0.05) is 49.7 Å². The zero-order valence-electron chi connectivity index (χ0n) is 18.7. The fraction of sp³-hybridized carbons (Fsp3) is 0.435. The summed E-state index contributed by atoms with van der Waals surface area (Å²) in [6, 6.07) is 14.0. The predicted octanol–water partition coefficient (Wildman–Crippen LogP) is 4.23. The van der Waals surface area contributed by atoms with Crippen LogP contribution < -0.4 is 29.7 Å². The highest BCUT2D eigenvalue weighted by Crippen LogP contribution is 2.30. The SMILES string of the molecule is CCNC(=NCC1CCN(c2cccc(OC)c2)C1)Nc1ccc(OC)c(OC)c1.I. The van der Waals surface area contributed by atoms with E-state index >= 15 is 0 Å². The molecule has 3 rings (SSSR count). The minimum absolute atomic E-state index is 0. The molecule has 1 saturated heterocycles. The lowest BCUT2D eigenvalue weighted by Gasteiger charge is -2.19. The van der Waals surface area contributed by atoms with Gasteiger partial charge in [0.1, 0.15) is 5.75 Å². The Morgan fingerprint density at radius 1 is 1.06 bits per heavy atom. The van der Waals surface area contributed by atoms with E-state index < -0.39 is 0 Å². The third kappa shape index (κ3) is 6.81. The normalized spacial score (nSPS) is 15.8. The van der Waals surface area contributed by atoms with Crippen molar-refractivity contribution in [2.75, 3.05) is 57.7 Å². The van der Waals surface area contributed by atoms with Crippen molar-refractivity contribution in [1.82, 2.24) is 5.32 Å². The summed E-state index contributed by atoms with van der Waals surface area (Å²) >= 11 is 0. The number of anilines is 2. The Labute approximate surface area is 202 Å². The Balaban J connectivity index is 0.00000341. The second-order valence-electron chi connectivity index (χ2n) is 7.22. The molecule has 1 aliphatic heterocycles. The molecule has 0 spiro atoms. The van der Waals surface area contributed by atoms with Gasteiger partial charge in [0.25, 0.3) is 0 Å². The topological polar surface area (TPSA) is 67.4 Å². The van der Waals surface area contributed by atoms with Crippen LogP contribution >= 0.6 is 24.0 Å². The molecule has 1 fully saturated rings. The first-order chi connectivity index (χ1) is 14.7. The van der Waals surface area contributed by atoms with Crippen molar-refractivity contribution in [1.29, 1.82) is 0 Å². The average molecular weight is 540 g/mol. The molecule has 0 bridgehead atoms. The van der Waals surface area contributed by atoms with E-state index in [4.69, 9.17) is 19.2 Å². The van der Waals surface area contributed by atoms with E-state index in [1.54, 1.807) is 21.3 Å². The molecule has 2 aromatic carbocycles. The molecule has 0 aromatic heterocycles. The van der Waals surface area contributed by atoms with Crippen LogP contribution in [0.15, 0.2) is 47.5 Å². The van der Waals surface area contributed by atoms with Crippen LogP contribution in [0.1, 0.15) is 13.3 Å². The van der Waals surface area contributed by atoms with Gasteiger partial charge in [-0.2, -0.15) is 0 Å². The number of hydrogen-bond donors (Lipinski definition) is 2. The fourth-order valence-electron chi connectivity index (χ4n) is 3.60. The number of halogens is 1. The molecule has 0 saturated carbocycles.